The van der Waals surface area contributed by atoms with Gasteiger partial charge in [0, 0.05) is 19.6 Å². The standard InChI is InChI=1S/C14H19N3O/c1-11-4-3-5-14(13(11)8-15)16-9-12-10-17(2)6-7-18-12/h3-5,12,16H,6-7,9-10H2,1-2H3. The van der Waals surface area contributed by atoms with E-state index in [0.29, 0.717) is 0 Å². The van der Waals surface area contributed by atoms with Crippen LogP contribution in [0.4, 0.5) is 5.69 Å². The number of likely N-dealkylation sites (N-methyl/N-ethyl adjacent to an activating group) is 1. The number of rotatable bonds is 3. The van der Waals surface area contributed by atoms with E-state index < -0.39 is 0 Å². The molecule has 1 unspecified atom stereocenters. The summed E-state index contributed by atoms with van der Waals surface area (Å²) in [6.45, 7) is 5.39. The molecule has 1 atom stereocenters. The number of morpholine rings is 1. The Kier molecular flexibility index (Phi) is 4.19. The van der Waals surface area contributed by atoms with Crippen LogP contribution in [0.15, 0.2) is 18.2 Å². The fourth-order valence-electron chi connectivity index (χ4n) is 2.18. The maximum Gasteiger partial charge on any atom is 0.102 e. The van der Waals surface area contributed by atoms with E-state index in [0.717, 1.165) is 43.1 Å². The van der Waals surface area contributed by atoms with Crippen LogP contribution < -0.4 is 5.32 Å². The second-order valence-electron chi connectivity index (χ2n) is 4.75. The summed E-state index contributed by atoms with van der Waals surface area (Å²) < 4.78 is 5.69. The lowest BCUT2D eigenvalue weighted by molar-refractivity contribution is -0.0117. The summed E-state index contributed by atoms with van der Waals surface area (Å²) in [5.74, 6) is 0. The highest BCUT2D eigenvalue weighted by atomic mass is 16.5. The molecule has 1 saturated heterocycles. The number of nitrogens with zero attached hydrogens (tertiary/aromatic N) is 2. The first-order valence-corrected chi connectivity index (χ1v) is 6.24. The number of anilines is 1. The molecule has 1 heterocycles. The number of hydrogen-bond acceptors (Lipinski definition) is 4. The largest absolute Gasteiger partial charge is 0.381 e. The second-order valence-corrected chi connectivity index (χ2v) is 4.75. The van der Waals surface area contributed by atoms with E-state index in [1.165, 1.54) is 0 Å². The highest BCUT2D eigenvalue weighted by Crippen LogP contribution is 2.18. The van der Waals surface area contributed by atoms with Gasteiger partial charge < -0.3 is 15.0 Å². The second kappa shape index (κ2) is 5.85. The molecular weight excluding hydrogens is 226 g/mol. The van der Waals surface area contributed by atoms with Crippen molar-refractivity contribution in [3.8, 4) is 6.07 Å². The Morgan fingerprint density at radius 1 is 1.56 bits per heavy atom. The highest BCUT2D eigenvalue weighted by molar-refractivity contribution is 5.60. The summed E-state index contributed by atoms with van der Waals surface area (Å²) in [6.07, 6.45) is 0.191. The van der Waals surface area contributed by atoms with Gasteiger partial charge in [0.05, 0.1) is 24.0 Å². The molecule has 1 fully saturated rings. The molecule has 2 rings (SSSR count). The van der Waals surface area contributed by atoms with E-state index in [1.54, 1.807) is 0 Å². The SMILES string of the molecule is Cc1cccc(NCC2CN(C)CCO2)c1C#N. The third-order valence-electron chi connectivity index (χ3n) is 3.25. The van der Waals surface area contributed by atoms with E-state index in [2.05, 4.69) is 23.3 Å². The Balaban J connectivity index is 1.98. The number of hydrogen-bond donors (Lipinski definition) is 1. The summed E-state index contributed by atoms with van der Waals surface area (Å²) in [7, 11) is 2.10. The first kappa shape index (κ1) is 12.9. The van der Waals surface area contributed by atoms with Crippen molar-refractivity contribution in [3.63, 3.8) is 0 Å². The number of aryl methyl sites for hydroxylation is 1. The summed E-state index contributed by atoms with van der Waals surface area (Å²) in [4.78, 5) is 2.26. The Hall–Kier alpha value is -1.57. The molecular formula is C14H19N3O. The van der Waals surface area contributed by atoms with Crippen molar-refractivity contribution >= 4 is 5.69 Å². The minimum absolute atomic E-state index is 0.191. The van der Waals surface area contributed by atoms with Gasteiger partial charge >= 0.3 is 0 Å². The maximum absolute atomic E-state index is 9.15. The van der Waals surface area contributed by atoms with Gasteiger partial charge in [-0.05, 0) is 25.6 Å². The zero-order valence-electron chi connectivity index (χ0n) is 10.9. The Morgan fingerprint density at radius 3 is 3.11 bits per heavy atom. The smallest absolute Gasteiger partial charge is 0.102 e. The predicted molar refractivity (Wildman–Crippen MR) is 71.6 cm³/mol. The highest BCUT2D eigenvalue weighted by Gasteiger charge is 2.17. The molecule has 0 radical (unpaired) electrons. The van der Waals surface area contributed by atoms with E-state index >= 15 is 0 Å². The Bertz CT molecular complexity index is 453. The molecule has 1 aliphatic rings. The fourth-order valence-corrected chi connectivity index (χ4v) is 2.18. The summed E-state index contributed by atoms with van der Waals surface area (Å²) >= 11 is 0. The molecule has 18 heavy (non-hydrogen) atoms. The number of nitriles is 1. The molecule has 0 aromatic heterocycles. The lowest BCUT2D eigenvalue weighted by atomic mass is 10.1. The normalized spacial score (nSPS) is 20.4. The van der Waals surface area contributed by atoms with Crippen molar-refractivity contribution in [2.75, 3.05) is 38.6 Å². The van der Waals surface area contributed by atoms with Gasteiger partial charge in [0.2, 0.25) is 0 Å². The first-order valence-electron chi connectivity index (χ1n) is 6.24. The minimum Gasteiger partial charge on any atom is -0.381 e. The lowest BCUT2D eigenvalue weighted by Gasteiger charge is -2.30. The van der Waals surface area contributed by atoms with Crippen molar-refractivity contribution in [2.24, 2.45) is 0 Å². The molecule has 0 amide bonds. The van der Waals surface area contributed by atoms with Crippen LogP contribution in [-0.2, 0) is 4.74 Å². The Morgan fingerprint density at radius 2 is 2.39 bits per heavy atom. The van der Waals surface area contributed by atoms with Crippen LogP contribution >= 0.6 is 0 Å². The molecule has 0 spiro atoms. The van der Waals surface area contributed by atoms with Gasteiger partial charge in [-0.3, -0.25) is 0 Å². The molecule has 0 aliphatic carbocycles. The lowest BCUT2D eigenvalue weighted by Crippen LogP contribution is -2.43. The van der Waals surface area contributed by atoms with Crippen LogP contribution in [0.25, 0.3) is 0 Å². The van der Waals surface area contributed by atoms with Crippen molar-refractivity contribution in [1.82, 2.24) is 4.90 Å². The minimum atomic E-state index is 0.191. The maximum atomic E-state index is 9.15. The van der Waals surface area contributed by atoms with E-state index in [1.807, 2.05) is 25.1 Å². The van der Waals surface area contributed by atoms with Gasteiger partial charge in [0.15, 0.2) is 0 Å². The van der Waals surface area contributed by atoms with Gasteiger partial charge in [0.25, 0.3) is 0 Å². The number of benzene rings is 1. The average Bonchev–Trinajstić information content (AvgIpc) is 2.36. The molecule has 1 aromatic rings. The van der Waals surface area contributed by atoms with Gasteiger partial charge in [-0.25, -0.2) is 0 Å². The molecule has 96 valence electrons. The number of ether oxygens (including phenoxy) is 1. The Labute approximate surface area is 108 Å². The zero-order valence-corrected chi connectivity index (χ0v) is 10.9. The van der Waals surface area contributed by atoms with Crippen molar-refractivity contribution in [1.29, 1.82) is 5.26 Å². The van der Waals surface area contributed by atoms with Crippen LogP contribution in [-0.4, -0.2) is 44.3 Å². The molecule has 0 saturated carbocycles. The summed E-state index contributed by atoms with van der Waals surface area (Å²) in [6, 6.07) is 8.11. The van der Waals surface area contributed by atoms with Gasteiger partial charge in [0.1, 0.15) is 6.07 Å². The molecule has 1 aromatic carbocycles. The molecule has 1 aliphatic heterocycles. The number of nitrogens with one attached hydrogen (secondary N) is 1. The van der Waals surface area contributed by atoms with Crippen LogP contribution in [0.1, 0.15) is 11.1 Å². The van der Waals surface area contributed by atoms with Crippen molar-refractivity contribution < 1.29 is 4.74 Å². The molecule has 0 bridgehead atoms. The third kappa shape index (κ3) is 3.00. The summed E-state index contributed by atoms with van der Waals surface area (Å²) in [5.41, 5.74) is 2.63. The fraction of sp³-hybridized carbons (Fsp3) is 0.500. The monoisotopic (exact) mass is 245 g/mol. The van der Waals surface area contributed by atoms with E-state index in [9.17, 15) is 0 Å². The quantitative estimate of drug-likeness (QED) is 0.879. The van der Waals surface area contributed by atoms with Crippen LogP contribution in [0.2, 0.25) is 0 Å². The molecule has 4 nitrogen and oxygen atoms in total. The summed E-state index contributed by atoms with van der Waals surface area (Å²) in [5, 5.41) is 12.5. The van der Waals surface area contributed by atoms with Crippen LogP contribution in [0.5, 0.6) is 0 Å². The van der Waals surface area contributed by atoms with Crippen molar-refractivity contribution in [2.45, 2.75) is 13.0 Å². The van der Waals surface area contributed by atoms with E-state index in [4.69, 9.17) is 10.00 Å². The first-order chi connectivity index (χ1) is 8.70. The zero-order chi connectivity index (χ0) is 13.0. The molecule has 4 heteroatoms. The van der Waals surface area contributed by atoms with E-state index in [-0.39, 0.29) is 6.10 Å². The van der Waals surface area contributed by atoms with Crippen molar-refractivity contribution in [3.05, 3.63) is 29.3 Å². The topological polar surface area (TPSA) is 48.3 Å². The molecule has 1 N–H and O–H groups in total. The third-order valence-corrected chi connectivity index (χ3v) is 3.25. The predicted octanol–water partition coefficient (Wildman–Crippen LogP) is 1.61. The van der Waals surface area contributed by atoms with Crippen LogP contribution in [0, 0.1) is 18.3 Å². The van der Waals surface area contributed by atoms with Gasteiger partial charge in [-0.1, -0.05) is 12.1 Å². The average molecular weight is 245 g/mol. The van der Waals surface area contributed by atoms with Gasteiger partial charge in [-0.2, -0.15) is 5.26 Å². The van der Waals surface area contributed by atoms with Crippen LogP contribution in [0.3, 0.4) is 0 Å². The van der Waals surface area contributed by atoms with Gasteiger partial charge in [-0.15, -0.1) is 0 Å².